The molecule has 3 N–H and O–H groups in total. The molecule has 1 aromatic rings. The number of likely N-dealkylation sites (N-methyl/N-ethyl adjacent to an activating group) is 1. The molecule has 0 aliphatic carbocycles. The van der Waals surface area contributed by atoms with Crippen LogP contribution in [0.2, 0.25) is 0 Å². The zero-order chi connectivity index (χ0) is 13.5. The highest BCUT2D eigenvalue weighted by molar-refractivity contribution is 5.92. The van der Waals surface area contributed by atoms with Gasteiger partial charge in [-0.2, -0.15) is 0 Å². The Kier molecular flexibility index (Phi) is 5.51. The van der Waals surface area contributed by atoms with Crippen molar-refractivity contribution >= 4 is 11.7 Å². The van der Waals surface area contributed by atoms with Gasteiger partial charge in [0.2, 0.25) is 0 Å². The van der Waals surface area contributed by atoms with Gasteiger partial charge in [0, 0.05) is 19.1 Å². The molecular formula is C12H21N5O. The topological polar surface area (TPSA) is 84.1 Å². The fourth-order valence-corrected chi connectivity index (χ4v) is 1.43. The summed E-state index contributed by atoms with van der Waals surface area (Å²) < 4.78 is 0. The van der Waals surface area contributed by atoms with Gasteiger partial charge < -0.3 is 16.0 Å². The summed E-state index contributed by atoms with van der Waals surface area (Å²) in [5.41, 5.74) is 5.69. The molecule has 0 aliphatic heterocycles. The fourth-order valence-electron chi connectivity index (χ4n) is 1.43. The van der Waals surface area contributed by atoms with Gasteiger partial charge in [-0.1, -0.05) is 6.92 Å². The molecule has 0 spiro atoms. The molecule has 0 aliphatic rings. The summed E-state index contributed by atoms with van der Waals surface area (Å²) in [6.07, 6.45) is 1.09. The number of nitrogens with two attached hydrogens (primary N) is 1. The number of rotatable bonds is 6. The summed E-state index contributed by atoms with van der Waals surface area (Å²) in [6.45, 7) is 5.70. The van der Waals surface area contributed by atoms with Gasteiger partial charge in [0.05, 0.1) is 0 Å². The molecule has 0 bridgehead atoms. The number of hydrogen-bond acceptors (Lipinski definition) is 5. The van der Waals surface area contributed by atoms with Crippen molar-refractivity contribution in [3.63, 3.8) is 0 Å². The van der Waals surface area contributed by atoms with E-state index in [4.69, 9.17) is 5.73 Å². The predicted molar refractivity (Wildman–Crippen MR) is 71.2 cm³/mol. The van der Waals surface area contributed by atoms with E-state index in [1.165, 1.54) is 0 Å². The number of nitrogen functional groups attached to an aromatic ring is 1. The minimum atomic E-state index is -0.222. The van der Waals surface area contributed by atoms with Gasteiger partial charge in [0.15, 0.2) is 5.69 Å². The van der Waals surface area contributed by atoms with Crippen molar-refractivity contribution in [1.82, 2.24) is 20.4 Å². The molecule has 1 heterocycles. The van der Waals surface area contributed by atoms with Crippen molar-refractivity contribution in [2.45, 2.75) is 26.3 Å². The molecule has 1 atom stereocenters. The van der Waals surface area contributed by atoms with Crippen LogP contribution in [0, 0.1) is 0 Å². The minimum Gasteiger partial charge on any atom is -0.382 e. The highest BCUT2D eigenvalue weighted by atomic mass is 16.1. The zero-order valence-corrected chi connectivity index (χ0v) is 11.2. The van der Waals surface area contributed by atoms with Crippen molar-refractivity contribution in [2.24, 2.45) is 0 Å². The second-order valence-corrected chi connectivity index (χ2v) is 4.34. The Morgan fingerprint density at radius 2 is 2.22 bits per heavy atom. The highest BCUT2D eigenvalue weighted by Gasteiger charge is 2.09. The molecule has 1 amide bonds. The van der Waals surface area contributed by atoms with Gasteiger partial charge >= 0.3 is 0 Å². The molecule has 0 radical (unpaired) electrons. The highest BCUT2D eigenvalue weighted by Crippen LogP contribution is 1.99. The smallest absolute Gasteiger partial charge is 0.271 e. The second kappa shape index (κ2) is 6.90. The van der Waals surface area contributed by atoms with Crippen LogP contribution >= 0.6 is 0 Å². The number of nitrogens with one attached hydrogen (secondary N) is 1. The monoisotopic (exact) mass is 251 g/mol. The molecule has 1 unspecified atom stereocenters. The molecule has 1 aromatic heterocycles. The third kappa shape index (κ3) is 4.29. The van der Waals surface area contributed by atoms with Crippen LogP contribution in [-0.2, 0) is 0 Å². The van der Waals surface area contributed by atoms with Gasteiger partial charge in [-0.05, 0) is 32.5 Å². The van der Waals surface area contributed by atoms with E-state index in [2.05, 4.69) is 34.3 Å². The summed E-state index contributed by atoms with van der Waals surface area (Å²) in [5.74, 6) is 0.0862. The quantitative estimate of drug-likeness (QED) is 0.770. The van der Waals surface area contributed by atoms with Crippen LogP contribution in [0.5, 0.6) is 0 Å². The van der Waals surface area contributed by atoms with E-state index in [0.29, 0.717) is 18.4 Å². The molecule has 1 rings (SSSR count). The first kappa shape index (κ1) is 14.4. The Bertz CT molecular complexity index is 379. The standard InChI is InChI=1S/C12H21N5O/c1-4-9(2)17(3)8-7-14-12(18)10-5-6-11(13)16-15-10/h5-6,9H,4,7-8H2,1-3H3,(H2,13,16)(H,14,18). The minimum absolute atomic E-state index is 0.222. The van der Waals surface area contributed by atoms with Gasteiger partial charge in [-0.3, -0.25) is 4.79 Å². The van der Waals surface area contributed by atoms with Crippen molar-refractivity contribution in [2.75, 3.05) is 25.9 Å². The number of amides is 1. The average Bonchev–Trinajstić information content (AvgIpc) is 2.38. The summed E-state index contributed by atoms with van der Waals surface area (Å²) in [4.78, 5) is 13.9. The molecule has 0 aromatic carbocycles. The SMILES string of the molecule is CCC(C)N(C)CCNC(=O)c1ccc(N)nn1. The third-order valence-corrected chi connectivity index (χ3v) is 3.01. The predicted octanol–water partition coefficient (Wildman–Crippen LogP) is 0.519. The molecule has 100 valence electrons. The van der Waals surface area contributed by atoms with Crippen LogP contribution in [0.25, 0.3) is 0 Å². The summed E-state index contributed by atoms with van der Waals surface area (Å²) in [6, 6.07) is 3.64. The van der Waals surface area contributed by atoms with Crippen LogP contribution in [0.15, 0.2) is 12.1 Å². The van der Waals surface area contributed by atoms with Gasteiger partial charge in [0.1, 0.15) is 5.82 Å². The molecular weight excluding hydrogens is 230 g/mol. The number of aromatic nitrogens is 2. The molecule has 0 fully saturated rings. The third-order valence-electron chi connectivity index (χ3n) is 3.01. The molecule has 6 nitrogen and oxygen atoms in total. The van der Waals surface area contributed by atoms with Crippen molar-refractivity contribution < 1.29 is 4.79 Å². The first-order chi connectivity index (χ1) is 8.54. The maximum absolute atomic E-state index is 11.7. The van der Waals surface area contributed by atoms with Crippen molar-refractivity contribution in [3.8, 4) is 0 Å². The van der Waals surface area contributed by atoms with E-state index in [-0.39, 0.29) is 11.6 Å². The number of anilines is 1. The van der Waals surface area contributed by atoms with Gasteiger partial charge in [-0.15, -0.1) is 10.2 Å². The van der Waals surface area contributed by atoms with Gasteiger partial charge in [0.25, 0.3) is 5.91 Å². The van der Waals surface area contributed by atoms with Crippen LogP contribution in [-0.4, -0.2) is 47.2 Å². The Labute approximate surface area is 108 Å². The molecule has 6 heteroatoms. The Morgan fingerprint density at radius 3 is 2.78 bits per heavy atom. The Morgan fingerprint density at radius 1 is 1.50 bits per heavy atom. The van der Waals surface area contributed by atoms with Crippen LogP contribution in [0.4, 0.5) is 5.82 Å². The van der Waals surface area contributed by atoms with Crippen LogP contribution in [0.1, 0.15) is 30.8 Å². The fraction of sp³-hybridized carbons (Fsp3) is 0.583. The number of carbonyl (C=O) groups is 1. The van der Waals surface area contributed by atoms with Crippen molar-refractivity contribution in [1.29, 1.82) is 0 Å². The van der Waals surface area contributed by atoms with E-state index in [9.17, 15) is 4.79 Å². The number of nitrogens with zero attached hydrogens (tertiary/aromatic N) is 3. The first-order valence-corrected chi connectivity index (χ1v) is 6.12. The average molecular weight is 251 g/mol. The second-order valence-electron chi connectivity index (χ2n) is 4.34. The molecule has 0 saturated carbocycles. The summed E-state index contributed by atoms with van der Waals surface area (Å²) in [7, 11) is 2.04. The number of carbonyl (C=O) groups excluding carboxylic acids is 1. The molecule has 18 heavy (non-hydrogen) atoms. The van der Waals surface area contributed by atoms with E-state index in [0.717, 1.165) is 13.0 Å². The lowest BCUT2D eigenvalue weighted by Gasteiger charge is -2.23. The van der Waals surface area contributed by atoms with Crippen LogP contribution < -0.4 is 11.1 Å². The van der Waals surface area contributed by atoms with Crippen LogP contribution in [0.3, 0.4) is 0 Å². The van der Waals surface area contributed by atoms with E-state index in [1.807, 2.05) is 7.05 Å². The Hall–Kier alpha value is -1.69. The summed E-state index contributed by atoms with van der Waals surface area (Å²) in [5, 5.41) is 10.2. The zero-order valence-electron chi connectivity index (χ0n) is 11.2. The van der Waals surface area contributed by atoms with E-state index in [1.54, 1.807) is 12.1 Å². The largest absolute Gasteiger partial charge is 0.382 e. The summed E-state index contributed by atoms with van der Waals surface area (Å²) >= 11 is 0. The normalized spacial score (nSPS) is 12.4. The number of hydrogen-bond donors (Lipinski definition) is 2. The lowest BCUT2D eigenvalue weighted by atomic mass is 10.2. The lowest BCUT2D eigenvalue weighted by Crippen LogP contribution is -2.37. The maximum atomic E-state index is 11.7. The van der Waals surface area contributed by atoms with Crippen molar-refractivity contribution in [3.05, 3.63) is 17.8 Å². The molecule has 0 saturated heterocycles. The maximum Gasteiger partial charge on any atom is 0.271 e. The Balaban J connectivity index is 2.35. The van der Waals surface area contributed by atoms with Gasteiger partial charge in [-0.25, -0.2) is 0 Å². The van der Waals surface area contributed by atoms with E-state index < -0.39 is 0 Å². The first-order valence-electron chi connectivity index (χ1n) is 6.12. The lowest BCUT2D eigenvalue weighted by molar-refractivity contribution is 0.0941. The van der Waals surface area contributed by atoms with E-state index >= 15 is 0 Å².